The molecule has 2 aromatic carbocycles. The van der Waals surface area contributed by atoms with E-state index in [9.17, 15) is 14.3 Å². The van der Waals surface area contributed by atoms with Gasteiger partial charge in [-0.25, -0.2) is 4.39 Å². The van der Waals surface area contributed by atoms with Crippen LogP contribution in [0.3, 0.4) is 0 Å². The van der Waals surface area contributed by atoms with E-state index in [-0.39, 0.29) is 11.3 Å². The summed E-state index contributed by atoms with van der Waals surface area (Å²) in [4.78, 5) is 11.6. The zero-order valence-corrected chi connectivity index (χ0v) is 10.9. The Kier molecular flexibility index (Phi) is 3.89. The number of benzene rings is 2. The Balaban J connectivity index is 2.34. The van der Waals surface area contributed by atoms with Gasteiger partial charge in [0.15, 0.2) is 0 Å². The Morgan fingerprint density at radius 2 is 1.90 bits per heavy atom. The lowest BCUT2D eigenvalue weighted by atomic mass is 10.0. The number of amides is 1. The quantitative estimate of drug-likeness (QED) is 0.801. The van der Waals surface area contributed by atoms with Crippen LogP contribution in [0.5, 0.6) is 5.75 Å². The Hall–Kier alpha value is -2.56. The molecule has 4 nitrogen and oxygen atoms in total. The number of anilines is 1. The Morgan fingerprint density at radius 3 is 2.50 bits per heavy atom. The third-order valence-corrected chi connectivity index (χ3v) is 2.95. The number of nitrogens with two attached hydrogens (primary N) is 1. The van der Waals surface area contributed by atoms with E-state index < -0.39 is 17.8 Å². The largest absolute Gasteiger partial charge is 0.508 e. The first-order valence-electron chi connectivity index (χ1n) is 6.08. The number of nitrogens with one attached hydrogen (secondary N) is 1. The van der Waals surface area contributed by atoms with Gasteiger partial charge >= 0.3 is 0 Å². The van der Waals surface area contributed by atoms with E-state index in [1.165, 1.54) is 6.07 Å². The van der Waals surface area contributed by atoms with Crippen molar-refractivity contribution < 1.29 is 14.3 Å². The van der Waals surface area contributed by atoms with Gasteiger partial charge in [-0.15, -0.1) is 0 Å². The van der Waals surface area contributed by atoms with E-state index in [0.29, 0.717) is 5.69 Å². The van der Waals surface area contributed by atoms with Crippen molar-refractivity contribution in [2.24, 2.45) is 5.73 Å². The summed E-state index contributed by atoms with van der Waals surface area (Å²) in [6.45, 7) is 1.94. The minimum Gasteiger partial charge on any atom is -0.508 e. The van der Waals surface area contributed by atoms with Crippen molar-refractivity contribution in [1.29, 1.82) is 0 Å². The normalized spacial score (nSPS) is 11.9. The molecule has 0 aromatic heterocycles. The van der Waals surface area contributed by atoms with Crippen LogP contribution in [0, 0.1) is 12.7 Å². The molecule has 0 saturated heterocycles. The van der Waals surface area contributed by atoms with Gasteiger partial charge in [0, 0.05) is 11.3 Å². The molecule has 0 heterocycles. The van der Waals surface area contributed by atoms with Crippen molar-refractivity contribution >= 4 is 11.6 Å². The third-order valence-electron chi connectivity index (χ3n) is 2.95. The Bertz CT molecular complexity index is 626. The molecule has 1 amide bonds. The highest BCUT2D eigenvalue weighted by Crippen LogP contribution is 2.28. The van der Waals surface area contributed by atoms with Crippen LogP contribution in [0.1, 0.15) is 17.2 Å². The smallest absolute Gasteiger partial charge is 0.244 e. The number of aromatic hydroxyl groups is 1. The van der Waals surface area contributed by atoms with Gasteiger partial charge < -0.3 is 16.2 Å². The molecule has 5 heteroatoms. The molecule has 1 unspecified atom stereocenters. The molecule has 0 aliphatic carbocycles. The molecule has 0 fully saturated rings. The van der Waals surface area contributed by atoms with E-state index in [1.807, 2.05) is 19.1 Å². The van der Waals surface area contributed by atoms with Gasteiger partial charge in [-0.3, -0.25) is 4.79 Å². The van der Waals surface area contributed by atoms with E-state index in [1.54, 1.807) is 12.1 Å². The number of carbonyl (C=O) groups is 1. The molecule has 1 atom stereocenters. The Morgan fingerprint density at radius 1 is 1.25 bits per heavy atom. The number of aryl methyl sites for hydroxylation is 1. The number of phenolic OH excluding ortho intramolecular Hbond substituents is 1. The lowest BCUT2D eigenvalue weighted by molar-refractivity contribution is -0.118. The van der Waals surface area contributed by atoms with E-state index in [4.69, 9.17) is 5.73 Å². The summed E-state index contributed by atoms with van der Waals surface area (Å²) in [7, 11) is 0. The maximum Gasteiger partial charge on any atom is 0.244 e. The van der Waals surface area contributed by atoms with E-state index >= 15 is 0 Å². The summed E-state index contributed by atoms with van der Waals surface area (Å²) in [5, 5.41) is 12.7. The summed E-state index contributed by atoms with van der Waals surface area (Å²) in [5.74, 6) is -1.43. The van der Waals surface area contributed by atoms with Gasteiger partial charge in [0.2, 0.25) is 5.91 Å². The summed E-state index contributed by atoms with van der Waals surface area (Å²) < 4.78 is 13.3. The van der Waals surface area contributed by atoms with Crippen LogP contribution in [-0.4, -0.2) is 11.0 Å². The number of rotatable bonds is 4. The number of primary amides is 1. The fraction of sp³-hybridized carbons (Fsp3) is 0.133. The molecule has 2 aromatic rings. The molecular weight excluding hydrogens is 259 g/mol. The lowest BCUT2D eigenvalue weighted by Crippen LogP contribution is -2.27. The number of hydrogen-bond donors (Lipinski definition) is 3. The zero-order chi connectivity index (χ0) is 14.7. The van der Waals surface area contributed by atoms with Crippen molar-refractivity contribution in [2.75, 3.05) is 5.32 Å². The zero-order valence-electron chi connectivity index (χ0n) is 10.9. The maximum atomic E-state index is 13.3. The Labute approximate surface area is 116 Å². The highest BCUT2D eigenvalue weighted by molar-refractivity contribution is 5.85. The molecule has 0 spiro atoms. The molecule has 0 radical (unpaired) electrons. The predicted octanol–water partition coefficient (Wildman–Crippen LogP) is 2.48. The summed E-state index contributed by atoms with van der Waals surface area (Å²) in [5.41, 5.74) is 7.16. The van der Waals surface area contributed by atoms with Gasteiger partial charge in [0.05, 0.1) is 0 Å². The van der Waals surface area contributed by atoms with Crippen molar-refractivity contribution in [2.45, 2.75) is 13.0 Å². The van der Waals surface area contributed by atoms with Gasteiger partial charge in [-0.2, -0.15) is 0 Å². The van der Waals surface area contributed by atoms with Crippen molar-refractivity contribution in [3.8, 4) is 5.75 Å². The van der Waals surface area contributed by atoms with Crippen molar-refractivity contribution in [3.63, 3.8) is 0 Å². The average molecular weight is 274 g/mol. The predicted molar refractivity (Wildman–Crippen MR) is 74.8 cm³/mol. The molecule has 4 N–H and O–H groups in total. The first kappa shape index (κ1) is 13.9. The molecule has 104 valence electrons. The van der Waals surface area contributed by atoms with Crippen LogP contribution in [0.25, 0.3) is 0 Å². The molecular formula is C15H15FN2O2. The second-order valence-corrected chi connectivity index (χ2v) is 4.55. The topological polar surface area (TPSA) is 75.3 Å². The first-order valence-corrected chi connectivity index (χ1v) is 6.08. The highest BCUT2D eigenvalue weighted by Gasteiger charge is 2.21. The molecule has 0 aliphatic rings. The molecule has 0 bridgehead atoms. The number of halogens is 1. The van der Waals surface area contributed by atoms with Crippen LogP contribution >= 0.6 is 0 Å². The second kappa shape index (κ2) is 5.61. The van der Waals surface area contributed by atoms with Crippen LogP contribution in [0.4, 0.5) is 10.1 Å². The fourth-order valence-electron chi connectivity index (χ4n) is 1.88. The number of carbonyl (C=O) groups excluding carboxylic acids is 1. The third kappa shape index (κ3) is 3.06. The summed E-state index contributed by atoms with van der Waals surface area (Å²) in [6.07, 6.45) is 0. The molecule has 0 aliphatic heterocycles. The van der Waals surface area contributed by atoms with Gasteiger partial charge in [-0.1, -0.05) is 17.7 Å². The van der Waals surface area contributed by atoms with E-state index in [2.05, 4.69) is 5.32 Å². The summed E-state index contributed by atoms with van der Waals surface area (Å²) >= 11 is 0. The van der Waals surface area contributed by atoms with Gasteiger partial charge in [0.1, 0.15) is 17.6 Å². The lowest BCUT2D eigenvalue weighted by Gasteiger charge is -2.18. The van der Waals surface area contributed by atoms with Gasteiger partial charge in [-0.05, 0) is 37.3 Å². The number of phenols is 1. The van der Waals surface area contributed by atoms with Crippen LogP contribution in [-0.2, 0) is 4.79 Å². The fourth-order valence-corrected chi connectivity index (χ4v) is 1.88. The molecule has 0 saturated carbocycles. The number of hydrogen-bond acceptors (Lipinski definition) is 3. The SMILES string of the molecule is Cc1ccc(NC(C(N)=O)c2cc(F)ccc2O)cc1. The van der Waals surface area contributed by atoms with E-state index in [0.717, 1.165) is 17.7 Å². The van der Waals surface area contributed by atoms with Gasteiger partial charge in [0.25, 0.3) is 0 Å². The molecule has 20 heavy (non-hydrogen) atoms. The van der Waals surface area contributed by atoms with Crippen LogP contribution in [0.15, 0.2) is 42.5 Å². The second-order valence-electron chi connectivity index (χ2n) is 4.55. The maximum absolute atomic E-state index is 13.3. The monoisotopic (exact) mass is 274 g/mol. The minimum absolute atomic E-state index is 0.109. The average Bonchev–Trinajstić information content (AvgIpc) is 2.41. The minimum atomic E-state index is -1.01. The first-order chi connectivity index (χ1) is 9.47. The summed E-state index contributed by atoms with van der Waals surface area (Å²) in [6, 6.07) is 9.68. The highest BCUT2D eigenvalue weighted by atomic mass is 19.1. The van der Waals surface area contributed by atoms with Crippen molar-refractivity contribution in [3.05, 3.63) is 59.4 Å². The van der Waals surface area contributed by atoms with Crippen molar-refractivity contribution in [1.82, 2.24) is 0 Å². The molecule has 2 rings (SSSR count). The van der Waals surface area contributed by atoms with Crippen LogP contribution < -0.4 is 11.1 Å². The van der Waals surface area contributed by atoms with Crippen LogP contribution in [0.2, 0.25) is 0 Å². The standard InChI is InChI=1S/C15H15FN2O2/c1-9-2-5-11(6-3-9)18-14(15(17)20)12-8-10(16)4-7-13(12)19/h2-8,14,18-19H,1H3,(H2,17,20).